The molecule has 2 rings (SSSR count). The molecule has 1 aromatic carbocycles. The van der Waals surface area contributed by atoms with Gasteiger partial charge in [-0.3, -0.25) is 4.79 Å². The molecule has 4 heteroatoms. The van der Waals surface area contributed by atoms with Gasteiger partial charge in [0.05, 0.1) is 11.3 Å². The summed E-state index contributed by atoms with van der Waals surface area (Å²) < 4.78 is 0. The largest absolute Gasteiger partial charge is 0.506 e. The second kappa shape index (κ2) is 5.04. The van der Waals surface area contributed by atoms with Crippen molar-refractivity contribution >= 4 is 17.3 Å². The number of nitrogens with zero attached hydrogens (tertiary/aromatic N) is 1. The molecule has 0 heterocycles. The Labute approximate surface area is 106 Å². The average Bonchev–Trinajstić information content (AvgIpc) is 2.63. The fourth-order valence-corrected chi connectivity index (χ4v) is 1.88. The summed E-state index contributed by atoms with van der Waals surface area (Å²) in [6.07, 6.45) is 0.843. The van der Waals surface area contributed by atoms with Gasteiger partial charge >= 0.3 is 0 Å². The third kappa shape index (κ3) is 2.01. The van der Waals surface area contributed by atoms with E-state index in [1.54, 1.807) is 31.2 Å². The Morgan fingerprint density at radius 1 is 1.33 bits per heavy atom. The molecule has 0 unspecified atom stereocenters. The molecule has 0 amide bonds. The number of Topliss-reactive ketones (excluding diaryl/α,β-unsaturated/α-hetero) is 1. The lowest BCUT2D eigenvalue weighted by molar-refractivity contribution is 0.104. The van der Waals surface area contributed by atoms with Gasteiger partial charge in [-0.1, -0.05) is 36.3 Å². The minimum absolute atomic E-state index is 0.0167. The summed E-state index contributed by atoms with van der Waals surface area (Å²) in [5.74, 6) is -0.221. The van der Waals surface area contributed by atoms with E-state index in [-0.39, 0.29) is 17.1 Å². The number of oxime groups is 1. The monoisotopic (exact) mass is 245 g/mol. The number of fused-ring (bicyclic) bond motifs is 1. The smallest absolute Gasteiger partial charge is 0.199 e. The van der Waals surface area contributed by atoms with Gasteiger partial charge in [-0.15, -0.1) is 0 Å². The van der Waals surface area contributed by atoms with Crippen LogP contribution in [0.15, 0.2) is 35.0 Å². The maximum Gasteiger partial charge on any atom is 0.199 e. The third-order valence-corrected chi connectivity index (χ3v) is 2.75. The van der Waals surface area contributed by atoms with Crippen molar-refractivity contribution in [3.63, 3.8) is 0 Å². The van der Waals surface area contributed by atoms with Crippen molar-refractivity contribution < 1.29 is 14.7 Å². The number of benzene rings is 1. The summed E-state index contributed by atoms with van der Waals surface area (Å²) in [7, 11) is 0. The highest BCUT2D eigenvalue weighted by Crippen LogP contribution is 2.31. The number of ketones is 1. The van der Waals surface area contributed by atoms with Crippen LogP contribution in [0.3, 0.4) is 0 Å². The molecule has 0 spiro atoms. The van der Waals surface area contributed by atoms with Crippen molar-refractivity contribution in [1.82, 2.24) is 0 Å². The molecular weight excluding hydrogens is 230 g/mol. The molecule has 0 atom stereocenters. The van der Waals surface area contributed by atoms with Crippen molar-refractivity contribution in [2.24, 2.45) is 5.16 Å². The van der Waals surface area contributed by atoms with E-state index >= 15 is 0 Å². The predicted molar refractivity (Wildman–Crippen MR) is 69.7 cm³/mol. The molecule has 0 radical (unpaired) electrons. The van der Waals surface area contributed by atoms with Gasteiger partial charge in [0, 0.05) is 11.1 Å². The van der Waals surface area contributed by atoms with Crippen LogP contribution in [0, 0.1) is 0 Å². The fraction of sp³-hybridized carbons (Fsp3) is 0.286. The molecule has 0 aromatic heterocycles. The Hall–Kier alpha value is -2.10. The van der Waals surface area contributed by atoms with Crippen LogP contribution in [0.25, 0.3) is 5.76 Å². The van der Waals surface area contributed by atoms with E-state index in [0.29, 0.717) is 23.4 Å². The number of carbonyl (C=O) groups is 1. The summed E-state index contributed by atoms with van der Waals surface area (Å²) in [6, 6.07) is 6.97. The van der Waals surface area contributed by atoms with Gasteiger partial charge < -0.3 is 9.94 Å². The Bertz CT molecular complexity index is 544. The molecule has 1 aliphatic rings. The molecular formula is C14H15NO3. The number of carbonyl (C=O) groups excluding carboxylic acids is 1. The van der Waals surface area contributed by atoms with Crippen molar-refractivity contribution in [2.45, 2.75) is 20.3 Å². The predicted octanol–water partition coefficient (Wildman–Crippen LogP) is 2.95. The number of allylic oxidation sites excluding steroid dienone is 1. The molecule has 94 valence electrons. The molecule has 0 saturated heterocycles. The highest BCUT2D eigenvalue weighted by molar-refractivity contribution is 6.35. The van der Waals surface area contributed by atoms with Crippen molar-refractivity contribution in [3.05, 3.63) is 41.0 Å². The lowest BCUT2D eigenvalue weighted by Crippen LogP contribution is -2.08. The van der Waals surface area contributed by atoms with Gasteiger partial charge in [-0.25, -0.2) is 0 Å². The standard InChI is InChI=1S/C14H15NO3/c1-3-8-18-15-9(2)12-13(16)10-6-4-5-7-11(10)14(12)17/h4-7,16H,3,8H2,1-2H3. The van der Waals surface area contributed by atoms with Crippen LogP contribution < -0.4 is 0 Å². The van der Waals surface area contributed by atoms with Gasteiger partial charge in [0.25, 0.3) is 0 Å². The molecule has 1 aromatic rings. The van der Waals surface area contributed by atoms with Gasteiger partial charge in [-0.05, 0) is 13.3 Å². The van der Waals surface area contributed by atoms with Crippen LogP contribution in [0.1, 0.15) is 36.2 Å². The van der Waals surface area contributed by atoms with Gasteiger partial charge in [0.1, 0.15) is 12.4 Å². The molecule has 0 bridgehead atoms. The zero-order valence-electron chi connectivity index (χ0n) is 10.4. The van der Waals surface area contributed by atoms with Crippen molar-refractivity contribution in [3.8, 4) is 0 Å². The highest BCUT2D eigenvalue weighted by Gasteiger charge is 2.31. The Kier molecular flexibility index (Phi) is 3.46. The first-order valence-corrected chi connectivity index (χ1v) is 5.91. The summed E-state index contributed by atoms with van der Waals surface area (Å²) in [5.41, 5.74) is 1.70. The summed E-state index contributed by atoms with van der Waals surface area (Å²) in [4.78, 5) is 17.2. The molecule has 1 aliphatic carbocycles. The average molecular weight is 245 g/mol. The van der Waals surface area contributed by atoms with Crippen LogP contribution >= 0.6 is 0 Å². The van der Waals surface area contributed by atoms with Gasteiger partial charge in [-0.2, -0.15) is 0 Å². The van der Waals surface area contributed by atoms with Gasteiger partial charge in [0.15, 0.2) is 5.78 Å². The van der Waals surface area contributed by atoms with Crippen LogP contribution in [0.2, 0.25) is 0 Å². The lowest BCUT2D eigenvalue weighted by atomic mass is 10.1. The summed E-state index contributed by atoms with van der Waals surface area (Å²) in [6.45, 7) is 4.12. The van der Waals surface area contributed by atoms with Crippen LogP contribution in [0.4, 0.5) is 0 Å². The number of aliphatic hydroxyl groups is 1. The summed E-state index contributed by atoms with van der Waals surface area (Å²) >= 11 is 0. The molecule has 0 saturated carbocycles. The number of aliphatic hydroxyl groups excluding tert-OH is 1. The zero-order valence-corrected chi connectivity index (χ0v) is 10.4. The minimum Gasteiger partial charge on any atom is -0.506 e. The maximum atomic E-state index is 12.1. The molecule has 0 aliphatic heterocycles. The molecule has 18 heavy (non-hydrogen) atoms. The minimum atomic E-state index is -0.204. The van der Waals surface area contributed by atoms with E-state index in [1.165, 1.54) is 0 Å². The highest BCUT2D eigenvalue weighted by atomic mass is 16.6. The van der Waals surface area contributed by atoms with E-state index in [9.17, 15) is 9.90 Å². The maximum absolute atomic E-state index is 12.1. The van der Waals surface area contributed by atoms with E-state index < -0.39 is 0 Å². The van der Waals surface area contributed by atoms with Crippen LogP contribution in [0.5, 0.6) is 0 Å². The zero-order chi connectivity index (χ0) is 13.1. The van der Waals surface area contributed by atoms with Crippen molar-refractivity contribution in [1.29, 1.82) is 0 Å². The van der Waals surface area contributed by atoms with E-state index in [0.717, 1.165) is 6.42 Å². The number of rotatable bonds is 4. The quantitative estimate of drug-likeness (QED) is 0.504. The molecule has 1 N–H and O–H groups in total. The SMILES string of the molecule is CCCON=C(C)C1=C(O)c2ccccc2C1=O. The van der Waals surface area contributed by atoms with E-state index in [1.807, 2.05) is 6.92 Å². The lowest BCUT2D eigenvalue weighted by Gasteiger charge is -2.01. The second-order valence-corrected chi connectivity index (χ2v) is 4.11. The first-order valence-electron chi connectivity index (χ1n) is 5.91. The van der Waals surface area contributed by atoms with Gasteiger partial charge in [0.2, 0.25) is 0 Å². The van der Waals surface area contributed by atoms with Crippen LogP contribution in [-0.2, 0) is 4.84 Å². The fourth-order valence-electron chi connectivity index (χ4n) is 1.88. The normalized spacial score (nSPS) is 15.0. The summed E-state index contributed by atoms with van der Waals surface area (Å²) in [5, 5.41) is 13.9. The van der Waals surface area contributed by atoms with E-state index in [2.05, 4.69) is 5.16 Å². The topological polar surface area (TPSA) is 58.9 Å². The Morgan fingerprint density at radius 3 is 2.61 bits per heavy atom. The third-order valence-electron chi connectivity index (χ3n) is 2.75. The Balaban J connectivity index is 2.34. The molecule has 4 nitrogen and oxygen atoms in total. The number of hydrogen-bond acceptors (Lipinski definition) is 4. The number of hydrogen-bond donors (Lipinski definition) is 1. The first-order chi connectivity index (χ1) is 8.66. The Morgan fingerprint density at radius 2 is 2.00 bits per heavy atom. The second-order valence-electron chi connectivity index (χ2n) is 4.11. The van der Waals surface area contributed by atoms with E-state index in [4.69, 9.17) is 4.84 Å². The first kappa shape index (κ1) is 12.4. The molecule has 0 fully saturated rings. The van der Waals surface area contributed by atoms with Crippen molar-refractivity contribution in [2.75, 3.05) is 6.61 Å². The van der Waals surface area contributed by atoms with Crippen LogP contribution in [-0.4, -0.2) is 23.2 Å².